The molecule has 0 aliphatic carbocycles. The van der Waals surface area contributed by atoms with Crippen LogP contribution in [-0.2, 0) is 14.3 Å². The van der Waals surface area contributed by atoms with Crippen molar-refractivity contribution in [3.63, 3.8) is 0 Å². The number of rotatable bonds is 7. The van der Waals surface area contributed by atoms with Crippen LogP contribution in [0.25, 0.3) is 0 Å². The van der Waals surface area contributed by atoms with Gasteiger partial charge in [-0.2, -0.15) is 0 Å². The number of nitrogens with one attached hydrogen (secondary N) is 3. The summed E-state index contributed by atoms with van der Waals surface area (Å²) >= 11 is 0. The van der Waals surface area contributed by atoms with Crippen molar-refractivity contribution in [2.24, 2.45) is 0 Å². The van der Waals surface area contributed by atoms with Crippen molar-refractivity contribution in [2.45, 2.75) is 37.3 Å². The van der Waals surface area contributed by atoms with E-state index in [1.807, 2.05) is 0 Å². The van der Waals surface area contributed by atoms with Crippen LogP contribution >= 0.6 is 0 Å². The minimum atomic E-state index is -1.78. The van der Waals surface area contributed by atoms with Gasteiger partial charge in [-0.25, -0.2) is 9.59 Å². The zero-order valence-electron chi connectivity index (χ0n) is 16.8. The van der Waals surface area contributed by atoms with E-state index in [1.54, 1.807) is 12.1 Å². The number of benzene rings is 1. The molecular formula is C19H23N3O10. The molecule has 0 fully saturated rings. The molecular weight excluding hydrogens is 430 g/mol. The number of aliphatic hydroxyl groups excluding tert-OH is 3. The Morgan fingerprint density at radius 3 is 2.53 bits per heavy atom. The van der Waals surface area contributed by atoms with Crippen molar-refractivity contribution in [1.82, 2.24) is 10.6 Å². The second kappa shape index (κ2) is 9.72. The SMILES string of the molecule is CC(=O)N[C@H]1[C@H]([C@H](O)[C@H](O)CO)OC(C(=O)O)=C[C@@H]1NC(=O)Nc1ccc2c(c1)OCO2. The van der Waals surface area contributed by atoms with E-state index >= 15 is 0 Å². The maximum absolute atomic E-state index is 12.6. The lowest BCUT2D eigenvalue weighted by molar-refractivity contribution is -0.146. The number of hydrogen-bond donors (Lipinski definition) is 7. The molecule has 0 spiro atoms. The normalized spacial score (nSPS) is 23.2. The lowest BCUT2D eigenvalue weighted by Crippen LogP contribution is -2.63. The Bertz CT molecular complexity index is 921. The van der Waals surface area contributed by atoms with Crippen LogP contribution in [-0.4, -0.2) is 82.1 Å². The molecule has 13 nitrogen and oxygen atoms in total. The number of carboxylic acid groups (broad SMARTS) is 1. The van der Waals surface area contributed by atoms with E-state index in [0.717, 1.165) is 6.08 Å². The molecule has 13 heteroatoms. The topological polar surface area (TPSA) is 196 Å². The van der Waals surface area contributed by atoms with E-state index in [2.05, 4.69) is 16.0 Å². The number of amides is 3. The molecule has 3 amide bonds. The maximum atomic E-state index is 12.6. The molecule has 174 valence electrons. The molecule has 0 bridgehead atoms. The van der Waals surface area contributed by atoms with Gasteiger partial charge in [0.2, 0.25) is 18.5 Å². The lowest BCUT2D eigenvalue weighted by atomic mass is 9.92. The molecule has 0 saturated heterocycles. The molecule has 0 aromatic heterocycles. The van der Waals surface area contributed by atoms with E-state index in [4.69, 9.17) is 19.3 Å². The summed E-state index contributed by atoms with van der Waals surface area (Å²) in [6, 6.07) is 1.60. The van der Waals surface area contributed by atoms with Crippen LogP contribution < -0.4 is 25.4 Å². The van der Waals surface area contributed by atoms with Gasteiger partial charge in [-0.05, 0) is 18.2 Å². The van der Waals surface area contributed by atoms with Crippen LogP contribution in [0.4, 0.5) is 10.5 Å². The average Bonchev–Trinajstić information content (AvgIpc) is 3.21. The predicted octanol–water partition coefficient (Wildman–Crippen LogP) is -1.51. The third kappa shape index (κ3) is 5.19. The highest BCUT2D eigenvalue weighted by Crippen LogP contribution is 2.34. The molecule has 2 aliphatic rings. The first-order valence-corrected chi connectivity index (χ1v) is 9.52. The molecule has 0 radical (unpaired) electrons. The number of carboxylic acids is 1. The van der Waals surface area contributed by atoms with Crippen LogP contribution in [0, 0.1) is 0 Å². The highest BCUT2D eigenvalue weighted by Gasteiger charge is 2.44. The second-order valence-electron chi connectivity index (χ2n) is 7.08. The Labute approximate surface area is 181 Å². The largest absolute Gasteiger partial charge is 0.478 e. The Balaban J connectivity index is 1.82. The third-order valence-electron chi connectivity index (χ3n) is 4.76. The summed E-state index contributed by atoms with van der Waals surface area (Å²) in [5.74, 6) is -1.73. The van der Waals surface area contributed by atoms with Gasteiger partial charge in [0.15, 0.2) is 11.5 Å². The summed E-state index contributed by atoms with van der Waals surface area (Å²) in [5, 5.41) is 46.2. The van der Waals surface area contributed by atoms with E-state index in [9.17, 15) is 29.7 Å². The standard InChI is InChI=1S/C19H23N3O10/c1-8(24)20-15-10(5-14(18(27)28)32-17(15)16(26)11(25)6-23)22-19(29)21-9-2-3-12-13(4-9)31-7-30-12/h2-5,10-11,15-17,23,25-26H,6-7H2,1H3,(H,20,24)(H,27,28)(H2,21,22,29)/t10-,11+,15+,16+,17+/m0/s1. The molecule has 3 rings (SSSR count). The number of fused-ring (bicyclic) bond motifs is 1. The number of urea groups is 1. The van der Waals surface area contributed by atoms with Crippen LogP contribution in [0.1, 0.15) is 6.92 Å². The van der Waals surface area contributed by atoms with Crippen molar-refractivity contribution in [2.75, 3.05) is 18.7 Å². The molecule has 0 unspecified atom stereocenters. The van der Waals surface area contributed by atoms with Gasteiger partial charge in [-0.3, -0.25) is 4.79 Å². The average molecular weight is 453 g/mol. The summed E-state index contributed by atoms with van der Waals surface area (Å²) in [6.07, 6.45) is -3.90. The Kier molecular flexibility index (Phi) is 7.02. The number of anilines is 1. The first-order chi connectivity index (χ1) is 15.2. The fourth-order valence-electron chi connectivity index (χ4n) is 3.29. The summed E-state index contributed by atoms with van der Waals surface area (Å²) in [6.45, 7) is 0.381. The lowest BCUT2D eigenvalue weighted by Gasteiger charge is -2.40. The van der Waals surface area contributed by atoms with Crippen molar-refractivity contribution >= 4 is 23.6 Å². The van der Waals surface area contributed by atoms with Gasteiger partial charge in [0.05, 0.1) is 18.7 Å². The van der Waals surface area contributed by atoms with Gasteiger partial charge < -0.3 is 50.6 Å². The zero-order chi connectivity index (χ0) is 23.4. The first kappa shape index (κ1) is 23.1. The highest BCUT2D eigenvalue weighted by atomic mass is 16.7. The summed E-state index contributed by atoms with van der Waals surface area (Å²) in [7, 11) is 0. The van der Waals surface area contributed by atoms with E-state index in [-0.39, 0.29) is 6.79 Å². The molecule has 2 aliphatic heterocycles. The quantitative estimate of drug-likeness (QED) is 0.255. The van der Waals surface area contributed by atoms with Crippen molar-refractivity contribution in [3.05, 3.63) is 30.0 Å². The molecule has 0 saturated carbocycles. The smallest absolute Gasteiger partial charge is 0.370 e. The number of carbonyl (C=O) groups is 3. The van der Waals surface area contributed by atoms with E-state index in [1.165, 1.54) is 13.0 Å². The van der Waals surface area contributed by atoms with Gasteiger partial charge in [0, 0.05) is 18.7 Å². The van der Waals surface area contributed by atoms with Crippen molar-refractivity contribution in [1.29, 1.82) is 0 Å². The van der Waals surface area contributed by atoms with Crippen LogP contribution in [0.3, 0.4) is 0 Å². The van der Waals surface area contributed by atoms with Gasteiger partial charge >= 0.3 is 12.0 Å². The number of hydrogen-bond acceptors (Lipinski definition) is 9. The molecule has 7 N–H and O–H groups in total. The highest BCUT2D eigenvalue weighted by molar-refractivity contribution is 5.91. The Hall–Kier alpha value is -3.55. The predicted molar refractivity (Wildman–Crippen MR) is 106 cm³/mol. The second-order valence-corrected chi connectivity index (χ2v) is 7.08. The fourth-order valence-corrected chi connectivity index (χ4v) is 3.29. The van der Waals surface area contributed by atoms with Gasteiger partial charge in [-0.1, -0.05) is 0 Å². The first-order valence-electron chi connectivity index (χ1n) is 9.52. The third-order valence-corrected chi connectivity index (χ3v) is 4.76. The zero-order valence-corrected chi connectivity index (χ0v) is 16.8. The maximum Gasteiger partial charge on any atom is 0.370 e. The van der Waals surface area contributed by atoms with Crippen LogP contribution in [0.5, 0.6) is 11.5 Å². The molecule has 5 atom stereocenters. The molecule has 1 aromatic carbocycles. The molecule has 32 heavy (non-hydrogen) atoms. The van der Waals surface area contributed by atoms with Gasteiger partial charge in [-0.15, -0.1) is 0 Å². The summed E-state index contributed by atoms with van der Waals surface area (Å²) in [5.41, 5.74) is 0.351. The minimum Gasteiger partial charge on any atom is -0.478 e. The molecule has 2 heterocycles. The van der Waals surface area contributed by atoms with Crippen molar-refractivity contribution < 1.29 is 49.0 Å². The molecule has 1 aromatic rings. The van der Waals surface area contributed by atoms with Crippen LogP contribution in [0.15, 0.2) is 30.0 Å². The Morgan fingerprint density at radius 1 is 1.16 bits per heavy atom. The monoisotopic (exact) mass is 453 g/mol. The number of carbonyl (C=O) groups excluding carboxylic acids is 2. The van der Waals surface area contributed by atoms with Crippen LogP contribution in [0.2, 0.25) is 0 Å². The van der Waals surface area contributed by atoms with Crippen molar-refractivity contribution in [3.8, 4) is 11.5 Å². The summed E-state index contributed by atoms with van der Waals surface area (Å²) < 4.78 is 15.7. The number of aliphatic hydroxyl groups is 3. The van der Waals surface area contributed by atoms with Gasteiger partial charge in [0.25, 0.3) is 0 Å². The van der Waals surface area contributed by atoms with E-state index < -0.39 is 60.7 Å². The summed E-state index contributed by atoms with van der Waals surface area (Å²) in [4.78, 5) is 35.8. The fraction of sp³-hybridized carbons (Fsp3) is 0.421. The Morgan fingerprint density at radius 2 is 1.88 bits per heavy atom. The van der Waals surface area contributed by atoms with Gasteiger partial charge in [0.1, 0.15) is 18.3 Å². The number of ether oxygens (including phenoxy) is 3. The minimum absolute atomic E-state index is 0.0532. The number of aliphatic carboxylic acids is 1. The van der Waals surface area contributed by atoms with E-state index in [0.29, 0.717) is 17.2 Å².